The Kier molecular flexibility index (Phi) is 12.1. The maximum Gasteiger partial charge on any atom is 0.313 e. The minimum atomic E-state index is -1.23. The van der Waals surface area contributed by atoms with Crippen molar-refractivity contribution >= 4 is 23.7 Å². The first-order valence-electron chi connectivity index (χ1n) is 17.1. The largest absolute Gasteiger partial charge is 0.455 e. The molecule has 2 bridgehead atoms. The van der Waals surface area contributed by atoms with Crippen molar-refractivity contribution in [1.82, 2.24) is 15.1 Å². The lowest BCUT2D eigenvalue weighted by Gasteiger charge is -2.41. The molecule has 3 fully saturated rings. The number of rotatable bonds is 17. The number of fused-ring (bicyclic) bond motifs is 1. The van der Waals surface area contributed by atoms with Gasteiger partial charge in [0.1, 0.15) is 17.7 Å². The SMILES string of the molecule is C=CCCC(=O)N[C@H](C)[C@@H](OC(=O)[C@@H]1[C@H]2C(=O)N([C@@H](CO)C(C)C)[C@H](C(=O)N(CC=C)C(C)CCC)[C@]23CC[C@H]1O3)c1ccccc1. The van der Waals surface area contributed by atoms with E-state index in [2.05, 4.69) is 25.4 Å². The van der Waals surface area contributed by atoms with Gasteiger partial charge in [0.2, 0.25) is 17.7 Å². The number of aliphatic hydroxyl groups is 1. The molecule has 3 saturated heterocycles. The average Bonchev–Trinajstić information content (AvgIpc) is 3.69. The zero-order valence-corrected chi connectivity index (χ0v) is 28.6. The topological polar surface area (TPSA) is 125 Å². The molecule has 2 N–H and O–H groups in total. The van der Waals surface area contributed by atoms with E-state index in [1.807, 2.05) is 51.1 Å². The molecule has 10 heteroatoms. The summed E-state index contributed by atoms with van der Waals surface area (Å²) in [6.45, 7) is 17.2. The summed E-state index contributed by atoms with van der Waals surface area (Å²) in [6, 6.07) is 6.86. The zero-order chi connectivity index (χ0) is 34.5. The second-order valence-electron chi connectivity index (χ2n) is 13.7. The molecule has 0 aromatic heterocycles. The molecule has 3 heterocycles. The summed E-state index contributed by atoms with van der Waals surface area (Å²) in [5.74, 6) is -3.47. The Balaban J connectivity index is 1.71. The molecule has 0 radical (unpaired) electrons. The number of esters is 1. The summed E-state index contributed by atoms with van der Waals surface area (Å²) in [7, 11) is 0. The fourth-order valence-electron chi connectivity index (χ4n) is 7.91. The van der Waals surface area contributed by atoms with E-state index in [1.165, 1.54) is 4.90 Å². The third kappa shape index (κ3) is 7.04. The smallest absolute Gasteiger partial charge is 0.313 e. The first-order valence-corrected chi connectivity index (χ1v) is 17.1. The van der Waals surface area contributed by atoms with Crippen molar-refractivity contribution in [3.05, 3.63) is 61.2 Å². The number of carbonyl (C=O) groups is 4. The van der Waals surface area contributed by atoms with Gasteiger partial charge in [-0.25, -0.2) is 0 Å². The van der Waals surface area contributed by atoms with E-state index in [-0.39, 0.29) is 42.7 Å². The highest BCUT2D eigenvalue weighted by Crippen LogP contribution is 2.59. The Bertz CT molecular complexity index is 1300. The first kappa shape index (κ1) is 36.3. The summed E-state index contributed by atoms with van der Waals surface area (Å²) in [4.78, 5) is 59.4. The molecule has 1 unspecified atom stereocenters. The lowest BCUT2D eigenvalue weighted by molar-refractivity contribution is -0.163. The van der Waals surface area contributed by atoms with Gasteiger partial charge in [0.25, 0.3) is 0 Å². The van der Waals surface area contributed by atoms with Gasteiger partial charge in [0, 0.05) is 19.0 Å². The molecule has 1 aromatic rings. The number of carbonyl (C=O) groups excluding carboxylic acids is 4. The monoisotopic (exact) mass is 651 g/mol. The maximum absolute atomic E-state index is 14.6. The number of hydrogen-bond donors (Lipinski definition) is 2. The van der Waals surface area contributed by atoms with Crippen molar-refractivity contribution in [3.63, 3.8) is 0 Å². The predicted molar refractivity (Wildman–Crippen MR) is 179 cm³/mol. The molecular weight excluding hydrogens is 598 g/mol. The quantitative estimate of drug-likeness (QED) is 0.190. The first-order chi connectivity index (χ1) is 22.5. The molecule has 1 aromatic carbocycles. The van der Waals surface area contributed by atoms with Crippen molar-refractivity contribution in [3.8, 4) is 0 Å². The van der Waals surface area contributed by atoms with E-state index in [4.69, 9.17) is 9.47 Å². The summed E-state index contributed by atoms with van der Waals surface area (Å²) in [6.07, 6.45) is 5.27. The number of ether oxygens (including phenoxy) is 2. The number of allylic oxidation sites excluding steroid dienone is 1. The fourth-order valence-corrected chi connectivity index (χ4v) is 7.91. The van der Waals surface area contributed by atoms with Crippen molar-refractivity contribution < 1.29 is 33.8 Å². The van der Waals surface area contributed by atoms with E-state index in [1.54, 1.807) is 24.0 Å². The zero-order valence-electron chi connectivity index (χ0n) is 28.6. The molecule has 0 aliphatic carbocycles. The second kappa shape index (κ2) is 15.6. The number of nitrogens with zero attached hydrogens (tertiary/aromatic N) is 2. The van der Waals surface area contributed by atoms with Crippen LogP contribution in [0.15, 0.2) is 55.6 Å². The third-order valence-electron chi connectivity index (χ3n) is 10.2. The van der Waals surface area contributed by atoms with Gasteiger partial charge in [-0.15, -0.1) is 13.2 Å². The van der Waals surface area contributed by atoms with Crippen LogP contribution >= 0.6 is 0 Å². The number of likely N-dealkylation sites (tertiary alicyclic amines) is 1. The van der Waals surface area contributed by atoms with E-state index in [0.29, 0.717) is 31.4 Å². The standard InChI is InChI=1S/C37H53N3O7/c1-8-11-18-29(42)38-25(7)32(26-16-13-12-14-17-26)46-36(45)30-28-19-20-37(47-28)31(30)34(43)40(27(22-41)23(4)5)33(37)35(44)39(21-10-3)24(6)15-9-2/h8,10,12-14,16-17,23-25,27-28,30-33,41H,1,3,9,11,15,18-22H2,2,4-7H3,(H,38,42)/t24?,25-,27+,28-,30+,31+,32-,33-,37+/m1/s1. The van der Waals surface area contributed by atoms with Crippen LogP contribution in [0.3, 0.4) is 0 Å². The predicted octanol–water partition coefficient (Wildman–Crippen LogP) is 4.34. The summed E-state index contributed by atoms with van der Waals surface area (Å²) in [5.41, 5.74) is -0.531. The normalized spacial score (nSPS) is 27.1. The van der Waals surface area contributed by atoms with Crippen LogP contribution in [0.4, 0.5) is 0 Å². The Labute approximate surface area is 279 Å². The van der Waals surface area contributed by atoms with E-state index < -0.39 is 53.7 Å². The molecular formula is C37H53N3O7. The minimum absolute atomic E-state index is 0.112. The van der Waals surface area contributed by atoms with E-state index in [0.717, 1.165) is 12.8 Å². The van der Waals surface area contributed by atoms with Crippen LogP contribution in [0.2, 0.25) is 0 Å². The van der Waals surface area contributed by atoms with Gasteiger partial charge >= 0.3 is 5.97 Å². The van der Waals surface area contributed by atoms with Crippen molar-refractivity contribution in [2.45, 2.75) is 115 Å². The summed E-state index contributed by atoms with van der Waals surface area (Å²) < 4.78 is 12.9. The highest BCUT2D eigenvalue weighted by molar-refractivity contribution is 5.98. The van der Waals surface area contributed by atoms with Crippen LogP contribution in [-0.4, -0.2) is 87.6 Å². The highest BCUT2D eigenvalue weighted by atomic mass is 16.6. The van der Waals surface area contributed by atoms with E-state index >= 15 is 0 Å². The van der Waals surface area contributed by atoms with Gasteiger partial charge in [-0.1, -0.05) is 69.7 Å². The second-order valence-corrected chi connectivity index (χ2v) is 13.7. The number of aliphatic hydroxyl groups excluding tert-OH is 1. The Hall–Kier alpha value is -3.50. The molecule has 0 saturated carbocycles. The molecule has 3 aliphatic heterocycles. The number of benzene rings is 1. The molecule has 4 rings (SSSR count). The third-order valence-corrected chi connectivity index (χ3v) is 10.2. The Morgan fingerprint density at radius 2 is 1.87 bits per heavy atom. The van der Waals surface area contributed by atoms with Crippen molar-refractivity contribution in [1.29, 1.82) is 0 Å². The fraction of sp³-hybridized carbons (Fsp3) is 0.622. The summed E-state index contributed by atoms with van der Waals surface area (Å²) in [5, 5.41) is 13.5. The molecule has 3 aliphatic rings. The van der Waals surface area contributed by atoms with Gasteiger partial charge in [0.05, 0.1) is 36.6 Å². The molecule has 1 spiro atoms. The highest BCUT2D eigenvalue weighted by Gasteiger charge is 2.76. The van der Waals surface area contributed by atoms with Crippen LogP contribution in [0.1, 0.15) is 84.8 Å². The van der Waals surface area contributed by atoms with Gasteiger partial charge in [-0.2, -0.15) is 0 Å². The van der Waals surface area contributed by atoms with Gasteiger partial charge < -0.3 is 29.7 Å². The van der Waals surface area contributed by atoms with Gasteiger partial charge in [0.15, 0.2) is 0 Å². The van der Waals surface area contributed by atoms with Crippen LogP contribution in [0.25, 0.3) is 0 Å². The maximum atomic E-state index is 14.6. The summed E-state index contributed by atoms with van der Waals surface area (Å²) >= 11 is 0. The van der Waals surface area contributed by atoms with E-state index in [9.17, 15) is 24.3 Å². The van der Waals surface area contributed by atoms with Crippen LogP contribution in [0, 0.1) is 17.8 Å². The average molecular weight is 652 g/mol. The lowest BCUT2D eigenvalue weighted by Crippen LogP contribution is -2.60. The molecule has 9 atom stereocenters. The molecule has 47 heavy (non-hydrogen) atoms. The number of hydrogen-bond acceptors (Lipinski definition) is 7. The number of nitrogens with one attached hydrogen (secondary N) is 1. The molecule has 10 nitrogen and oxygen atoms in total. The van der Waals surface area contributed by atoms with Crippen LogP contribution < -0.4 is 5.32 Å². The van der Waals surface area contributed by atoms with Gasteiger partial charge in [-0.05, 0) is 51.0 Å². The van der Waals surface area contributed by atoms with Crippen molar-refractivity contribution in [2.24, 2.45) is 17.8 Å². The van der Waals surface area contributed by atoms with Crippen LogP contribution in [-0.2, 0) is 28.7 Å². The Morgan fingerprint density at radius 3 is 2.47 bits per heavy atom. The lowest BCUT2D eigenvalue weighted by atomic mass is 9.70. The van der Waals surface area contributed by atoms with Crippen LogP contribution in [0.5, 0.6) is 0 Å². The molecule has 3 amide bonds. The molecule has 258 valence electrons. The number of amides is 3. The Morgan fingerprint density at radius 1 is 1.17 bits per heavy atom. The van der Waals surface area contributed by atoms with Gasteiger partial charge in [-0.3, -0.25) is 19.2 Å². The van der Waals surface area contributed by atoms with Crippen molar-refractivity contribution in [2.75, 3.05) is 13.2 Å². The minimum Gasteiger partial charge on any atom is -0.455 e.